The number of rotatable bonds is 7. The molecule has 4 aliphatic rings. The molecule has 4 aliphatic carbocycles. The van der Waals surface area contributed by atoms with Crippen LogP contribution in [-0.4, -0.2) is 14.4 Å². The van der Waals surface area contributed by atoms with Gasteiger partial charge in [0.2, 0.25) is 0 Å². The fourth-order valence-corrected chi connectivity index (χ4v) is 10.3. The van der Waals surface area contributed by atoms with Gasteiger partial charge in [-0.15, -0.1) is 0 Å². The highest BCUT2D eigenvalue weighted by molar-refractivity contribution is 6.69. The van der Waals surface area contributed by atoms with Crippen LogP contribution in [0.2, 0.25) is 19.6 Å². The largest absolute Gasteiger partial charge is 0.415 e. The molecule has 0 aromatic carbocycles. The van der Waals surface area contributed by atoms with Gasteiger partial charge in [-0.3, -0.25) is 0 Å². The van der Waals surface area contributed by atoms with E-state index >= 15 is 0 Å². The molecule has 0 aliphatic heterocycles. The molecule has 3 saturated carbocycles. The Morgan fingerprint density at radius 3 is 2.38 bits per heavy atom. The molecular formula is C30H54OSi. The fourth-order valence-electron chi connectivity index (χ4n) is 9.06. The van der Waals surface area contributed by atoms with Crippen LogP contribution in [0.15, 0.2) is 11.1 Å². The quantitative estimate of drug-likeness (QED) is 0.273. The molecule has 7 atom stereocenters. The molecule has 4 rings (SSSR count). The Bertz CT molecular complexity index is 702. The second-order valence-corrected chi connectivity index (χ2v) is 18.8. The van der Waals surface area contributed by atoms with Crippen molar-refractivity contribution in [2.75, 3.05) is 0 Å². The van der Waals surface area contributed by atoms with Gasteiger partial charge in [0.25, 0.3) is 0 Å². The molecule has 0 bridgehead atoms. The minimum absolute atomic E-state index is 0.518. The van der Waals surface area contributed by atoms with Crippen molar-refractivity contribution < 1.29 is 4.43 Å². The monoisotopic (exact) mass is 458 g/mol. The van der Waals surface area contributed by atoms with Gasteiger partial charge in [0, 0.05) is 6.10 Å². The first-order valence-electron chi connectivity index (χ1n) is 14.3. The minimum atomic E-state index is -1.43. The molecule has 0 aromatic rings. The van der Waals surface area contributed by atoms with Crippen LogP contribution in [0.5, 0.6) is 0 Å². The third-order valence-electron chi connectivity index (χ3n) is 10.7. The van der Waals surface area contributed by atoms with Gasteiger partial charge >= 0.3 is 0 Å². The molecule has 1 nitrogen and oxygen atoms in total. The Balaban J connectivity index is 1.49. The van der Waals surface area contributed by atoms with Gasteiger partial charge in [-0.25, -0.2) is 0 Å². The van der Waals surface area contributed by atoms with Crippen LogP contribution in [0.3, 0.4) is 0 Å². The summed E-state index contributed by atoms with van der Waals surface area (Å²) in [6.07, 6.45) is 17.5. The maximum atomic E-state index is 6.61. The molecule has 0 aromatic heterocycles. The molecule has 0 radical (unpaired) electrons. The van der Waals surface area contributed by atoms with Crippen molar-refractivity contribution in [3.8, 4) is 0 Å². The number of fused-ring (bicyclic) bond motifs is 4. The van der Waals surface area contributed by atoms with E-state index in [1.807, 2.05) is 11.1 Å². The van der Waals surface area contributed by atoms with Crippen LogP contribution in [0.4, 0.5) is 0 Å². The van der Waals surface area contributed by atoms with Crippen molar-refractivity contribution in [3.05, 3.63) is 11.1 Å². The van der Waals surface area contributed by atoms with E-state index in [0.29, 0.717) is 16.9 Å². The lowest BCUT2D eigenvalue weighted by atomic mass is 9.49. The molecular weight excluding hydrogens is 404 g/mol. The number of allylic oxidation sites excluding steroid dienone is 2. The van der Waals surface area contributed by atoms with Crippen molar-refractivity contribution in [2.24, 2.45) is 40.4 Å². The van der Waals surface area contributed by atoms with E-state index in [9.17, 15) is 0 Å². The summed E-state index contributed by atoms with van der Waals surface area (Å²) in [6.45, 7) is 19.8. The summed E-state index contributed by atoms with van der Waals surface area (Å²) in [7, 11) is -1.43. The first kappa shape index (κ1) is 25.0. The molecule has 2 heteroatoms. The summed E-state index contributed by atoms with van der Waals surface area (Å²) in [5.74, 6) is 4.46. The highest BCUT2D eigenvalue weighted by atomic mass is 28.4. The lowest BCUT2D eigenvalue weighted by molar-refractivity contribution is -0.0328. The maximum absolute atomic E-state index is 6.61. The zero-order valence-electron chi connectivity index (χ0n) is 22.9. The highest BCUT2D eigenvalue weighted by Crippen LogP contribution is 2.66. The van der Waals surface area contributed by atoms with Gasteiger partial charge in [0.05, 0.1) is 0 Å². The van der Waals surface area contributed by atoms with Crippen LogP contribution in [-0.2, 0) is 4.43 Å². The van der Waals surface area contributed by atoms with E-state index in [1.54, 1.807) is 0 Å². The smallest absolute Gasteiger partial charge is 0.184 e. The summed E-state index contributed by atoms with van der Waals surface area (Å²) in [6, 6.07) is 0. The van der Waals surface area contributed by atoms with Crippen molar-refractivity contribution in [1.82, 2.24) is 0 Å². The van der Waals surface area contributed by atoms with Crippen molar-refractivity contribution in [3.63, 3.8) is 0 Å². The molecule has 0 heterocycles. The van der Waals surface area contributed by atoms with E-state index in [2.05, 4.69) is 54.3 Å². The lowest BCUT2D eigenvalue weighted by Crippen LogP contribution is -2.49. The van der Waals surface area contributed by atoms with Crippen LogP contribution in [0.1, 0.15) is 112 Å². The molecule has 0 N–H and O–H groups in total. The predicted octanol–water partition coefficient (Wildman–Crippen LogP) is 9.39. The molecule has 2 unspecified atom stereocenters. The summed E-state index contributed by atoms with van der Waals surface area (Å²) < 4.78 is 6.61. The van der Waals surface area contributed by atoms with Crippen molar-refractivity contribution in [2.45, 2.75) is 137 Å². The Labute approximate surface area is 201 Å². The van der Waals surface area contributed by atoms with E-state index in [1.165, 1.54) is 77.0 Å². The molecule has 184 valence electrons. The molecule has 0 amide bonds. The van der Waals surface area contributed by atoms with Crippen LogP contribution >= 0.6 is 0 Å². The zero-order valence-corrected chi connectivity index (χ0v) is 23.9. The second-order valence-electron chi connectivity index (χ2n) is 14.3. The third-order valence-corrected chi connectivity index (χ3v) is 11.7. The van der Waals surface area contributed by atoms with Gasteiger partial charge in [-0.1, -0.05) is 65.0 Å². The van der Waals surface area contributed by atoms with E-state index in [0.717, 1.165) is 29.6 Å². The first-order valence-corrected chi connectivity index (χ1v) is 17.7. The van der Waals surface area contributed by atoms with Crippen molar-refractivity contribution >= 4 is 8.32 Å². The van der Waals surface area contributed by atoms with Gasteiger partial charge in [-0.2, -0.15) is 0 Å². The first-order chi connectivity index (χ1) is 14.9. The SMILES string of the molecule is CC(C)CCC[C@@H](C)[C@H]1CCC2=C3CCC4CC(O[Si](C)(C)C)CC[C@]4(C)[C@H]3CC[C@@]21C. The van der Waals surface area contributed by atoms with Gasteiger partial charge < -0.3 is 4.43 Å². The molecule has 0 saturated heterocycles. The predicted molar refractivity (Wildman–Crippen MR) is 141 cm³/mol. The van der Waals surface area contributed by atoms with Crippen LogP contribution in [0.25, 0.3) is 0 Å². The normalized spacial score (nSPS) is 40.8. The van der Waals surface area contributed by atoms with Gasteiger partial charge in [0.1, 0.15) is 0 Å². The Hall–Kier alpha value is -0.0831. The average molecular weight is 459 g/mol. The van der Waals surface area contributed by atoms with E-state index in [4.69, 9.17) is 4.43 Å². The maximum Gasteiger partial charge on any atom is 0.184 e. The number of hydrogen-bond acceptors (Lipinski definition) is 1. The van der Waals surface area contributed by atoms with Crippen LogP contribution < -0.4 is 0 Å². The Morgan fingerprint density at radius 2 is 1.69 bits per heavy atom. The van der Waals surface area contributed by atoms with Gasteiger partial charge in [0.15, 0.2) is 8.32 Å². The highest BCUT2D eigenvalue weighted by Gasteiger charge is 2.55. The second kappa shape index (κ2) is 9.18. The molecule has 0 spiro atoms. The summed E-state index contributed by atoms with van der Waals surface area (Å²) >= 11 is 0. The topological polar surface area (TPSA) is 9.23 Å². The van der Waals surface area contributed by atoms with E-state index < -0.39 is 8.32 Å². The fraction of sp³-hybridized carbons (Fsp3) is 0.933. The average Bonchev–Trinajstić information content (AvgIpc) is 3.04. The lowest BCUT2D eigenvalue weighted by Gasteiger charge is -2.57. The Morgan fingerprint density at radius 1 is 0.938 bits per heavy atom. The van der Waals surface area contributed by atoms with Crippen molar-refractivity contribution in [1.29, 1.82) is 0 Å². The standard InChI is InChI=1S/C30H54OSi/c1-21(2)10-9-11-22(3)26-14-15-27-25-13-12-23-20-24(31-32(6,7)8)16-18-29(23,4)28(25)17-19-30(26,27)5/h21-24,26,28H,9-20H2,1-8H3/t22-,23?,24?,26-,28+,29+,30-/m1/s1. The third kappa shape index (κ3) is 4.71. The summed E-state index contributed by atoms with van der Waals surface area (Å²) in [5, 5.41) is 0. The minimum Gasteiger partial charge on any atom is -0.415 e. The number of hydrogen-bond donors (Lipinski definition) is 0. The summed E-state index contributed by atoms with van der Waals surface area (Å²) in [5.41, 5.74) is 5.00. The Kier molecular flexibility index (Phi) is 7.17. The van der Waals surface area contributed by atoms with Gasteiger partial charge in [-0.05, 0) is 118 Å². The molecule has 3 fully saturated rings. The van der Waals surface area contributed by atoms with E-state index in [-0.39, 0.29) is 0 Å². The van der Waals surface area contributed by atoms with Crippen LogP contribution in [0, 0.1) is 40.4 Å². The molecule has 32 heavy (non-hydrogen) atoms. The summed E-state index contributed by atoms with van der Waals surface area (Å²) in [4.78, 5) is 0. The zero-order chi connectivity index (χ0) is 23.3.